The van der Waals surface area contributed by atoms with E-state index in [0.29, 0.717) is 0 Å². The molecule has 2 N–H and O–H groups in total. The Labute approximate surface area is 113 Å². The van der Waals surface area contributed by atoms with Gasteiger partial charge in [-0.15, -0.1) is 0 Å². The van der Waals surface area contributed by atoms with E-state index in [1.54, 1.807) is 0 Å². The molecule has 0 amide bonds. The van der Waals surface area contributed by atoms with Gasteiger partial charge in [-0.3, -0.25) is 4.79 Å². The van der Waals surface area contributed by atoms with Gasteiger partial charge in [0.15, 0.2) is 0 Å². The van der Waals surface area contributed by atoms with Crippen LogP contribution in [0.5, 0.6) is 0 Å². The molecule has 3 heteroatoms. The summed E-state index contributed by atoms with van der Waals surface area (Å²) in [7, 11) is 0. The van der Waals surface area contributed by atoms with Gasteiger partial charge >= 0.3 is 5.97 Å². The number of carboxylic acid groups (broad SMARTS) is 1. The molecule has 1 aromatic rings. The summed E-state index contributed by atoms with van der Waals surface area (Å²) < 4.78 is 0. The first-order valence-electron chi connectivity index (χ1n) is 6.57. The van der Waals surface area contributed by atoms with Crippen molar-refractivity contribution in [2.24, 2.45) is 0 Å². The van der Waals surface area contributed by atoms with Gasteiger partial charge < -0.3 is 10.4 Å². The van der Waals surface area contributed by atoms with Crippen molar-refractivity contribution in [3.8, 4) is 0 Å². The lowest BCUT2D eigenvalue weighted by Gasteiger charge is -2.16. The Kier molecular flexibility index (Phi) is 4.39. The third kappa shape index (κ3) is 4.28. The Morgan fingerprint density at radius 1 is 1.32 bits per heavy atom. The second-order valence-electron chi connectivity index (χ2n) is 4.90. The van der Waals surface area contributed by atoms with Gasteiger partial charge in [0.05, 0.1) is 0 Å². The molecule has 0 aliphatic heterocycles. The monoisotopic (exact) mass is 257 g/mol. The zero-order chi connectivity index (χ0) is 13.7. The van der Waals surface area contributed by atoms with Crippen LogP contribution in [0, 0.1) is 6.92 Å². The highest BCUT2D eigenvalue weighted by Crippen LogP contribution is 2.22. The van der Waals surface area contributed by atoms with E-state index < -0.39 is 5.97 Å². The Bertz CT molecular complexity index is 512. The molecule has 1 aliphatic rings. The smallest absolute Gasteiger partial charge is 0.322 e. The van der Waals surface area contributed by atoms with Crippen LogP contribution in [0.2, 0.25) is 0 Å². The van der Waals surface area contributed by atoms with Crippen molar-refractivity contribution in [3.05, 3.63) is 52.7 Å². The second-order valence-corrected chi connectivity index (χ2v) is 4.90. The molecule has 0 saturated carbocycles. The molecule has 0 atom stereocenters. The maximum atomic E-state index is 10.5. The number of allylic oxidation sites excluding steroid dienone is 3. The summed E-state index contributed by atoms with van der Waals surface area (Å²) in [6, 6.07) is 8.41. The Morgan fingerprint density at radius 2 is 2.05 bits per heavy atom. The normalized spacial score (nSPS) is 17.1. The minimum atomic E-state index is -0.824. The molecule has 2 rings (SSSR count). The summed E-state index contributed by atoms with van der Waals surface area (Å²) in [5.41, 5.74) is 4.72. The largest absolute Gasteiger partial charge is 0.480 e. The first-order valence-corrected chi connectivity index (χ1v) is 6.57. The molecule has 100 valence electrons. The van der Waals surface area contributed by atoms with E-state index in [9.17, 15) is 4.79 Å². The number of rotatable bonds is 4. The van der Waals surface area contributed by atoms with Crippen LogP contribution in [-0.4, -0.2) is 17.6 Å². The Morgan fingerprint density at radius 3 is 2.74 bits per heavy atom. The first-order chi connectivity index (χ1) is 9.13. The van der Waals surface area contributed by atoms with Gasteiger partial charge in [0.25, 0.3) is 0 Å². The molecule has 0 heterocycles. The number of hydrogen-bond donors (Lipinski definition) is 2. The first kappa shape index (κ1) is 13.4. The van der Waals surface area contributed by atoms with Crippen LogP contribution in [0.25, 0.3) is 6.08 Å². The van der Waals surface area contributed by atoms with Crippen molar-refractivity contribution in [3.63, 3.8) is 0 Å². The number of aliphatic carboxylic acids is 1. The van der Waals surface area contributed by atoms with Gasteiger partial charge in [0.1, 0.15) is 6.54 Å². The molecule has 0 saturated heterocycles. The molecule has 0 aromatic heterocycles. The summed E-state index contributed by atoms with van der Waals surface area (Å²) in [6.07, 6.45) is 7.29. The van der Waals surface area contributed by atoms with Gasteiger partial charge in [0.2, 0.25) is 0 Å². The number of carboxylic acids is 1. The number of aryl methyl sites for hydroxylation is 1. The third-order valence-corrected chi connectivity index (χ3v) is 3.17. The van der Waals surface area contributed by atoms with E-state index in [2.05, 4.69) is 48.7 Å². The fourth-order valence-electron chi connectivity index (χ4n) is 2.17. The van der Waals surface area contributed by atoms with Crippen LogP contribution in [0.3, 0.4) is 0 Å². The molecule has 0 bridgehead atoms. The summed E-state index contributed by atoms with van der Waals surface area (Å²) in [5, 5.41) is 11.6. The van der Waals surface area contributed by atoms with Gasteiger partial charge in [-0.2, -0.15) is 0 Å². The molecular formula is C16H19NO2. The molecule has 19 heavy (non-hydrogen) atoms. The Hall–Kier alpha value is -2.03. The highest BCUT2D eigenvalue weighted by molar-refractivity contribution is 5.69. The zero-order valence-electron chi connectivity index (χ0n) is 11.1. The minimum Gasteiger partial charge on any atom is -0.480 e. The van der Waals surface area contributed by atoms with Crippen LogP contribution in [0.4, 0.5) is 0 Å². The van der Waals surface area contributed by atoms with Crippen molar-refractivity contribution in [2.75, 3.05) is 6.54 Å². The number of benzene rings is 1. The van der Waals surface area contributed by atoms with Gasteiger partial charge in [-0.05, 0) is 43.4 Å². The number of carbonyl (C=O) groups is 1. The SMILES string of the molecule is Cc1ccc(/C=C2/C=C(NCC(=O)O)CCC2)cc1. The molecule has 0 fully saturated rings. The summed E-state index contributed by atoms with van der Waals surface area (Å²) in [6.45, 7) is 2.06. The van der Waals surface area contributed by atoms with Crippen molar-refractivity contribution in [1.29, 1.82) is 0 Å². The molecule has 0 radical (unpaired) electrons. The highest BCUT2D eigenvalue weighted by atomic mass is 16.4. The summed E-state index contributed by atoms with van der Waals surface area (Å²) in [5.74, 6) is -0.824. The average molecular weight is 257 g/mol. The highest BCUT2D eigenvalue weighted by Gasteiger charge is 2.08. The zero-order valence-corrected chi connectivity index (χ0v) is 11.1. The van der Waals surface area contributed by atoms with Crippen molar-refractivity contribution < 1.29 is 9.90 Å². The maximum absolute atomic E-state index is 10.5. The Balaban J connectivity index is 2.08. The van der Waals surface area contributed by atoms with E-state index >= 15 is 0 Å². The lowest BCUT2D eigenvalue weighted by Crippen LogP contribution is -2.23. The number of hydrogen-bond acceptors (Lipinski definition) is 2. The van der Waals surface area contributed by atoms with Crippen LogP contribution < -0.4 is 5.32 Å². The van der Waals surface area contributed by atoms with Gasteiger partial charge in [-0.1, -0.05) is 35.9 Å². The van der Waals surface area contributed by atoms with Crippen molar-refractivity contribution in [1.82, 2.24) is 5.32 Å². The standard InChI is InChI=1S/C16H19NO2/c1-12-5-7-13(8-6-12)9-14-3-2-4-15(10-14)17-11-16(18)19/h5-10,17H,2-4,11H2,1H3,(H,18,19)/b14-9+. The lowest BCUT2D eigenvalue weighted by atomic mass is 9.97. The summed E-state index contributed by atoms with van der Waals surface area (Å²) in [4.78, 5) is 10.5. The quantitative estimate of drug-likeness (QED) is 0.871. The predicted octanol–water partition coefficient (Wildman–Crippen LogP) is 3.12. The van der Waals surface area contributed by atoms with Gasteiger partial charge in [0, 0.05) is 5.70 Å². The van der Waals surface area contributed by atoms with Crippen LogP contribution in [0.15, 0.2) is 41.6 Å². The van der Waals surface area contributed by atoms with E-state index in [1.165, 1.54) is 16.7 Å². The van der Waals surface area contributed by atoms with E-state index in [4.69, 9.17) is 5.11 Å². The van der Waals surface area contributed by atoms with Crippen LogP contribution in [0.1, 0.15) is 30.4 Å². The minimum absolute atomic E-state index is 0.0103. The van der Waals surface area contributed by atoms with Crippen molar-refractivity contribution >= 4 is 12.0 Å². The van der Waals surface area contributed by atoms with Crippen LogP contribution >= 0.6 is 0 Å². The lowest BCUT2D eigenvalue weighted by molar-refractivity contribution is -0.135. The topological polar surface area (TPSA) is 49.3 Å². The second kappa shape index (κ2) is 6.23. The molecule has 1 aliphatic carbocycles. The fourth-order valence-corrected chi connectivity index (χ4v) is 2.17. The maximum Gasteiger partial charge on any atom is 0.322 e. The molecule has 1 aromatic carbocycles. The van der Waals surface area contributed by atoms with E-state index in [0.717, 1.165) is 25.0 Å². The van der Waals surface area contributed by atoms with E-state index in [-0.39, 0.29) is 6.54 Å². The third-order valence-electron chi connectivity index (χ3n) is 3.17. The van der Waals surface area contributed by atoms with Crippen LogP contribution in [-0.2, 0) is 4.79 Å². The molecule has 0 spiro atoms. The fraction of sp³-hybridized carbons (Fsp3) is 0.312. The molecule has 3 nitrogen and oxygen atoms in total. The average Bonchev–Trinajstić information content (AvgIpc) is 2.40. The number of nitrogens with one attached hydrogen (secondary N) is 1. The van der Waals surface area contributed by atoms with Gasteiger partial charge in [-0.25, -0.2) is 0 Å². The summed E-state index contributed by atoms with van der Waals surface area (Å²) >= 11 is 0. The molecule has 0 unspecified atom stereocenters. The van der Waals surface area contributed by atoms with E-state index in [1.807, 2.05) is 0 Å². The molecular weight excluding hydrogens is 238 g/mol. The van der Waals surface area contributed by atoms with Crippen molar-refractivity contribution in [2.45, 2.75) is 26.2 Å². The predicted molar refractivity (Wildman–Crippen MR) is 76.7 cm³/mol.